The van der Waals surface area contributed by atoms with E-state index < -0.39 is 0 Å². The van der Waals surface area contributed by atoms with Crippen molar-refractivity contribution in [1.29, 1.82) is 0 Å². The van der Waals surface area contributed by atoms with Crippen molar-refractivity contribution in [2.24, 2.45) is 16.5 Å². The van der Waals surface area contributed by atoms with Gasteiger partial charge in [-0.05, 0) is 112 Å². The molecule has 0 radical (unpaired) electrons. The maximum absolute atomic E-state index is 12.5. The number of hydrogen-bond acceptors (Lipinski definition) is 5. The second-order valence-electron chi connectivity index (χ2n) is 10.6. The number of nitrogens with two attached hydrogens (primary N) is 2. The zero-order chi connectivity index (χ0) is 29.0. The molecule has 1 aliphatic heterocycles. The molecule has 218 valence electrons. The van der Waals surface area contributed by atoms with Gasteiger partial charge in [0.1, 0.15) is 22.8 Å². The number of hydrogen-bond donors (Lipinski definition) is 4. The molecular formula is C32H39ClN4O4. The number of amides is 1. The van der Waals surface area contributed by atoms with Gasteiger partial charge in [0.05, 0.1) is 12.3 Å². The number of phenols is 1. The van der Waals surface area contributed by atoms with Crippen molar-refractivity contribution in [3.8, 4) is 17.2 Å². The molecule has 1 amide bonds. The summed E-state index contributed by atoms with van der Waals surface area (Å²) in [5.74, 6) is 1.76. The number of aryl methyl sites for hydroxylation is 1. The minimum Gasteiger partial charge on any atom is -0.507 e. The predicted molar refractivity (Wildman–Crippen MR) is 168 cm³/mol. The fourth-order valence-corrected chi connectivity index (χ4v) is 4.88. The largest absolute Gasteiger partial charge is 0.507 e. The highest BCUT2D eigenvalue weighted by Crippen LogP contribution is 2.44. The number of fused-ring (bicyclic) bond motifs is 1. The smallest absolute Gasteiger partial charge is 0.248 e. The molecule has 0 fully saturated rings. The lowest BCUT2D eigenvalue weighted by Gasteiger charge is -2.38. The van der Waals surface area contributed by atoms with Crippen LogP contribution in [0.25, 0.3) is 6.08 Å². The number of guanidine groups is 1. The van der Waals surface area contributed by atoms with Crippen molar-refractivity contribution in [2.45, 2.75) is 59.5 Å². The lowest BCUT2D eigenvalue weighted by molar-refractivity contribution is -0.111. The Morgan fingerprint density at radius 3 is 2.46 bits per heavy atom. The number of carbonyl (C=O) groups excluding carboxylic acids is 1. The van der Waals surface area contributed by atoms with Gasteiger partial charge in [0.2, 0.25) is 5.91 Å². The fourth-order valence-electron chi connectivity index (χ4n) is 4.88. The molecule has 9 heteroatoms. The Morgan fingerprint density at radius 2 is 1.80 bits per heavy atom. The fraction of sp³-hybridized carbons (Fsp3) is 0.312. The molecule has 3 aromatic rings. The van der Waals surface area contributed by atoms with Gasteiger partial charge in [-0.1, -0.05) is 12.1 Å². The van der Waals surface area contributed by atoms with E-state index in [1.165, 1.54) is 6.08 Å². The highest BCUT2D eigenvalue weighted by Gasteiger charge is 2.34. The van der Waals surface area contributed by atoms with E-state index in [2.05, 4.69) is 17.2 Å². The molecule has 1 aliphatic rings. The number of aromatic hydroxyl groups is 1. The van der Waals surface area contributed by atoms with Crippen molar-refractivity contribution in [1.82, 2.24) is 0 Å². The number of anilines is 1. The van der Waals surface area contributed by atoms with Crippen LogP contribution in [0.2, 0.25) is 0 Å². The first-order chi connectivity index (χ1) is 19.0. The topological polar surface area (TPSA) is 132 Å². The van der Waals surface area contributed by atoms with E-state index in [-0.39, 0.29) is 29.9 Å². The summed E-state index contributed by atoms with van der Waals surface area (Å²) in [5.41, 5.74) is 17.4. The number of rotatable bonds is 8. The molecular weight excluding hydrogens is 540 g/mol. The molecule has 4 rings (SSSR count). The molecule has 0 saturated heterocycles. The second kappa shape index (κ2) is 13.0. The summed E-state index contributed by atoms with van der Waals surface area (Å²) >= 11 is 0. The second-order valence-corrected chi connectivity index (χ2v) is 10.6. The van der Waals surface area contributed by atoms with E-state index in [0.717, 1.165) is 64.1 Å². The first kappa shape index (κ1) is 31.4. The summed E-state index contributed by atoms with van der Waals surface area (Å²) in [7, 11) is 0. The molecule has 1 unspecified atom stereocenters. The lowest BCUT2D eigenvalue weighted by atomic mass is 9.86. The predicted octanol–water partition coefficient (Wildman–Crippen LogP) is 6.16. The number of benzene rings is 3. The van der Waals surface area contributed by atoms with Gasteiger partial charge in [0.25, 0.3) is 0 Å². The van der Waals surface area contributed by atoms with Crippen LogP contribution in [0.1, 0.15) is 53.1 Å². The molecule has 41 heavy (non-hydrogen) atoms. The number of nitrogens with zero attached hydrogens (tertiary/aromatic N) is 1. The van der Waals surface area contributed by atoms with E-state index in [1.54, 1.807) is 18.2 Å². The van der Waals surface area contributed by atoms with Crippen LogP contribution in [0.4, 0.5) is 11.4 Å². The van der Waals surface area contributed by atoms with Gasteiger partial charge in [0.15, 0.2) is 5.96 Å². The van der Waals surface area contributed by atoms with E-state index in [9.17, 15) is 9.90 Å². The van der Waals surface area contributed by atoms with E-state index in [0.29, 0.717) is 23.7 Å². The normalized spacial score (nSPS) is 15.8. The van der Waals surface area contributed by atoms with Crippen molar-refractivity contribution in [2.75, 3.05) is 11.9 Å². The molecule has 8 nitrogen and oxygen atoms in total. The lowest BCUT2D eigenvalue weighted by Crippen LogP contribution is -2.38. The van der Waals surface area contributed by atoms with Crippen LogP contribution < -0.4 is 26.3 Å². The molecule has 0 bridgehead atoms. The van der Waals surface area contributed by atoms with Crippen LogP contribution >= 0.6 is 12.4 Å². The molecule has 1 heterocycles. The third-order valence-electron chi connectivity index (χ3n) is 7.53. The van der Waals surface area contributed by atoms with Crippen LogP contribution in [0.15, 0.2) is 53.5 Å². The Kier molecular flexibility index (Phi) is 9.94. The SMILES string of the molecule is Cc1cc(OCCC2(C)CCc3c(C)c(O)c(C)c(C)c3O2)ccc1NC(=O)C=Cc1ccc(N=C(N)N)cc1.Cl. The van der Waals surface area contributed by atoms with Crippen LogP contribution in [0, 0.1) is 27.7 Å². The van der Waals surface area contributed by atoms with Crippen LogP contribution in [0.5, 0.6) is 17.2 Å². The van der Waals surface area contributed by atoms with Gasteiger partial charge in [-0.3, -0.25) is 4.79 Å². The van der Waals surface area contributed by atoms with E-state index in [1.807, 2.05) is 58.0 Å². The van der Waals surface area contributed by atoms with Gasteiger partial charge >= 0.3 is 0 Å². The Bertz CT molecular complexity index is 1480. The van der Waals surface area contributed by atoms with Crippen molar-refractivity contribution >= 4 is 41.7 Å². The number of carbonyl (C=O) groups is 1. The van der Waals surface area contributed by atoms with Gasteiger partial charge in [-0.15, -0.1) is 12.4 Å². The minimum atomic E-state index is -0.353. The van der Waals surface area contributed by atoms with Crippen molar-refractivity contribution < 1.29 is 19.4 Å². The van der Waals surface area contributed by atoms with Crippen LogP contribution in [-0.4, -0.2) is 29.2 Å². The van der Waals surface area contributed by atoms with Crippen molar-refractivity contribution in [3.05, 3.63) is 81.9 Å². The number of ether oxygens (including phenoxy) is 2. The van der Waals surface area contributed by atoms with E-state index >= 15 is 0 Å². The van der Waals surface area contributed by atoms with Gasteiger partial charge in [-0.25, -0.2) is 4.99 Å². The number of halogens is 1. The van der Waals surface area contributed by atoms with Gasteiger partial charge in [0, 0.05) is 23.7 Å². The van der Waals surface area contributed by atoms with Crippen LogP contribution in [0.3, 0.4) is 0 Å². The summed E-state index contributed by atoms with van der Waals surface area (Å²) in [4.78, 5) is 16.5. The van der Waals surface area contributed by atoms with Crippen LogP contribution in [-0.2, 0) is 11.2 Å². The summed E-state index contributed by atoms with van der Waals surface area (Å²) in [6.07, 6.45) is 5.64. The number of aliphatic imine (C=N–C) groups is 1. The summed E-state index contributed by atoms with van der Waals surface area (Å²) in [6, 6.07) is 12.8. The third kappa shape index (κ3) is 7.52. The first-order valence-electron chi connectivity index (χ1n) is 13.4. The Hall–Kier alpha value is -4.17. The van der Waals surface area contributed by atoms with Gasteiger partial charge < -0.3 is 31.4 Å². The average molecular weight is 579 g/mol. The molecule has 0 spiro atoms. The molecule has 0 saturated carbocycles. The highest BCUT2D eigenvalue weighted by atomic mass is 35.5. The van der Waals surface area contributed by atoms with Crippen molar-refractivity contribution in [3.63, 3.8) is 0 Å². The molecule has 3 aromatic carbocycles. The quantitative estimate of drug-likeness (QED) is 0.144. The standard InChI is InChI=1S/C32H38N4O4.ClH/c1-19-18-25(11-12-27(19)36-28(37)13-8-23-6-9-24(10-7-23)35-31(33)34)39-17-16-32(5)15-14-26-22(4)29(38)20(2)21(3)30(26)40-32;/h6-13,18,38H,14-17H2,1-5H3,(H,36,37)(H4,33,34,35);1H. The Balaban J connectivity index is 0.00000462. The van der Waals surface area contributed by atoms with Gasteiger partial charge in [-0.2, -0.15) is 0 Å². The highest BCUT2D eigenvalue weighted by molar-refractivity contribution is 6.02. The number of phenolic OH excluding ortho intramolecular Hbond substituents is 1. The summed E-state index contributed by atoms with van der Waals surface area (Å²) in [5, 5.41) is 13.3. The maximum atomic E-state index is 12.5. The van der Waals surface area contributed by atoms with E-state index in [4.69, 9.17) is 20.9 Å². The molecule has 0 aromatic heterocycles. The Morgan fingerprint density at radius 1 is 1.10 bits per heavy atom. The summed E-state index contributed by atoms with van der Waals surface area (Å²) in [6.45, 7) is 10.4. The Labute approximate surface area is 247 Å². The summed E-state index contributed by atoms with van der Waals surface area (Å²) < 4.78 is 12.6. The minimum absolute atomic E-state index is 0. The zero-order valence-electron chi connectivity index (χ0n) is 24.2. The molecule has 1 atom stereocenters. The zero-order valence-corrected chi connectivity index (χ0v) is 25.0. The first-order valence-corrected chi connectivity index (χ1v) is 13.4. The number of nitrogens with one attached hydrogen (secondary N) is 1. The maximum Gasteiger partial charge on any atom is 0.248 e. The molecule has 6 N–H and O–H groups in total. The average Bonchev–Trinajstić information content (AvgIpc) is 2.91. The monoisotopic (exact) mass is 578 g/mol. The third-order valence-corrected chi connectivity index (χ3v) is 7.53. The molecule has 0 aliphatic carbocycles.